The van der Waals surface area contributed by atoms with Gasteiger partial charge in [-0.15, -0.1) is 0 Å². The van der Waals surface area contributed by atoms with E-state index in [-0.39, 0.29) is 12.5 Å². The van der Waals surface area contributed by atoms with Gasteiger partial charge in [-0.1, -0.05) is 67.6 Å². The Morgan fingerprint density at radius 2 is 1.50 bits per heavy atom. The van der Waals surface area contributed by atoms with Crippen molar-refractivity contribution >= 4 is 5.91 Å². The third kappa shape index (κ3) is 5.74. The minimum atomic E-state index is 0.0545. The second-order valence-electron chi connectivity index (χ2n) is 8.86. The topological polar surface area (TPSA) is 29.5 Å². The largest absolute Gasteiger partial charge is 0.489 e. The monoisotopic (exact) mass is 457 g/mol. The molecule has 0 aliphatic carbocycles. The zero-order valence-electron chi connectivity index (χ0n) is 19.7. The molecule has 1 fully saturated rings. The van der Waals surface area contributed by atoms with Gasteiger partial charge in [-0.3, -0.25) is 4.79 Å². The summed E-state index contributed by atoms with van der Waals surface area (Å²) >= 11 is 0. The van der Waals surface area contributed by atoms with Crippen molar-refractivity contribution < 1.29 is 13.9 Å². The normalized spacial score (nSPS) is 14.9. The van der Waals surface area contributed by atoms with Crippen LogP contribution >= 0.6 is 0 Å². The maximum atomic E-state index is 13.1. The highest BCUT2D eigenvalue weighted by atomic mass is 19.1. The maximum Gasteiger partial charge on any atom is 0.253 e. The third-order valence-corrected chi connectivity index (χ3v) is 6.75. The zero-order valence-corrected chi connectivity index (χ0v) is 19.7. The van der Waals surface area contributed by atoms with E-state index in [0.717, 1.165) is 25.9 Å². The predicted molar refractivity (Wildman–Crippen MR) is 135 cm³/mol. The van der Waals surface area contributed by atoms with Crippen LogP contribution in [0.15, 0.2) is 96.8 Å². The lowest BCUT2D eigenvalue weighted by molar-refractivity contribution is 0.0683. The number of rotatable bonds is 8. The first-order valence-corrected chi connectivity index (χ1v) is 12.1. The summed E-state index contributed by atoms with van der Waals surface area (Å²) in [6.07, 6.45) is 3.15. The summed E-state index contributed by atoms with van der Waals surface area (Å²) in [5.74, 6) is 1.51. The summed E-state index contributed by atoms with van der Waals surface area (Å²) in [6, 6.07) is 28.6. The van der Waals surface area contributed by atoms with E-state index in [1.807, 2.05) is 11.8 Å². The number of benzene rings is 3. The molecule has 0 bridgehead atoms. The molecule has 1 aliphatic rings. The smallest absolute Gasteiger partial charge is 0.253 e. The molecule has 3 aromatic rings. The van der Waals surface area contributed by atoms with Crippen LogP contribution in [0, 0.1) is 5.92 Å². The Morgan fingerprint density at radius 1 is 0.941 bits per heavy atom. The van der Waals surface area contributed by atoms with Gasteiger partial charge in [0.15, 0.2) is 0 Å². The van der Waals surface area contributed by atoms with Crippen LogP contribution in [-0.4, -0.2) is 30.5 Å². The highest BCUT2D eigenvalue weighted by Crippen LogP contribution is 2.38. The van der Waals surface area contributed by atoms with Crippen LogP contribution in [0.4, 0.5) is 4.39 Å². The van der Waals surface area contributed by atoms with E-state index in [0.29, 0.717) is 41.5 Å². The third-order valence-electron chi connectivity index (χ3n) is 6.75. The number of amides is 1. The minimum Gasteiger partial charge on any atom is -0.489 e. The molecule has 4 heteroatoms. The highest BCUT2D eigenvalue weighted by molar-refractivity contribution is 5.94. The summed E-state index contributed by atoms with van der Waals surface area (Å²) in [5.41, 5.74) is 3.93. The molecular weight excluding hydrogens is 425 g/mol. The van der Waals surface area contributed by atoms with Crippen LogP contribution in [0.2, 0.25) is 0 Å². The molecule has 1 aliphatic heterocycles. The van der Waals surface area contributed by atoms with Crippen molar-refractivity contribution in [3.63, 3.8) is 0 Å². The van der Waals surface area contributed by atoms with Crippen molar-refractivity contribution in [1.29, 1.82) is 0 Å². The Hall–Kier alpha value is -3.40. The molecule has 0 unspecified atom stereocenters. The second kappa shape index (κ2) is 11.6. The molecule has 34 heavy (non-hydrogen) atoms. The van der Waals surface area contributed by atoms with Gasteiger partial charge in [-0.25, -0.2) is 4.39 Å². The van der Waals surface area contributed by atoms with Crippen molar-refractivity contribution in [3.8, 4) is 5.75 Å². The van der Waals surface area contributed by atoms with Crippen molar-refractivity contribution in [2.75, 3.05) is 19.7 Å². The average molecular weight is 458 g/mol. The Morgan fingerprint density at radius 3 is 2.00 bits per heavy atom. The van der Waals surface area contributed by atoms with E-state index in [1.165, 1.54) is 11.1 Å². The number of nitrogens with zero attached hydrogens (tertiary/aromatic N) is 1. The quantitative estimate of drug-likeness (QED) is 0.364. The van der Waals surface area contributed by atoms with Gasteiger partial charge in [0.1, 0.15) is 12.4 Å². The Bertz CT molecular complexity index is 1030. The fourth-order valence-corrected chi connectivity index (χ4v) is 4.76. The molecule has 4 rings (SSSR count). The van der Waals surface area contributed by atoms with Crippen LogP contribution in [0.3, 0.4) is 0 Å². The van der Waals surface area contributed by atoms with Crippen LogP contribution in [-0.2, 0) is 0 Å². The molecule has 0 N–H and O–H groups in total. The molecule has 0 spiro atoms. The number of hydrogen-bond donors (Lipinski definition) is 0. The van der Waals surface area contributed by atoms with Gasteiger partial charge in [0.25, 0.3) is 5.91 Å². The Balaban J connectivity index is 1.39. The van der Waals surface area contributed by atoms with E-state index in [2.05, 4.69) is 60.7 Å². The molecule has 0 aromatic heterocycles. The Labute approximate surface area is 201 Å². The van der Waals surface area contributed by atoms with Crippen molar-refractivity contribution in [3.05, 3.63) is 114 Å². The first kappa shape index (κ1) is 23.7. The first-order chi connectivity index (χ1) is 16.7. The van der Waals surface area contributed by atoms with Crippen LogP contribution < -0.4 is 4.74 Å². The van der Waals surface area contributed by atoms with E-state index >= 15 is 0 Å². The van der Waals surface area contributed by atoms with E-state index in [4.69, 9.17) is 4.74 Å². The average Bonchev–Trinajstić information content (AvgIpc) is 2.91. The first-order valence-electron chi connectivity index (χ1n) is 12.1. The molecule has 1 saturated heterocycles. The van der Waals surface area contributed by atoms with Crippen molar-refractivity contribution in [2.24, 2.45) is 5.92 Å². The van der Waals surface area contributed by atoms with Crippen LogP contribution in [0.25, 0.3) is 0 Å². The van der Waals surface area contributed by atoms with Gasteiger partial charge in [-0.2, -0.15) is 0 Å². The van der Waals surface area contributed by atoms with Gasteiger partial charge >= 0.3 is 0 Å². The summed E-state index contributed by atoms with van der Waals surface area (Å²) < 4.78 is 18.3. The number of likely N-dealkylation sites (tertiary alicyclic amines) is 1. The van der Waals surface area contributed by atoms with E-state index in [9.17, 15) is 9.18 Å². The summed E-state index contributed by atoms with van der Waals surface area (Å²) in [4.78, 5) is 15.1. The summed E-state index contributed by atoms with van der Waals surface area (Å²) in [7, 11) is 0. The lowest BCUT2D eigenvalue weighted by Gasteiger charge is -2.36. The number of ether oxygens (including phenoxy) is 1. The molecular formula is C30H32FNO2. The van der Waals surface area contributed by atoms with Crippen molar-refractivity contribution in [1.82, 2.24) is 4.90 Å². The van der Waals surface area contributed by atoms with Crippen molar-refractivity contribution in [2.45, 2.75) is 32.1 Å². The fraction of sp³-hybridized carbons (Fsp3) is 0.300. The fourth-order valence-electron chi connectivity index (χ4n) is 4.76. The maximum absolute atomic E-state index is 13.1. The molecule has 3 nitrogen and oxygen atoms in total. The molecule has 0 saturated carbocycles. The van der Waals surface area contributed by atoms with Crippen LogP contribution in [0.5, 0.6) is 5.75 Å². The summed E-state index contributed by atoms with van der Waals surface area (Å²) in [5, 5.41) is 0. The van der Waals surface area contributed by atoms with E-state index < -0.39 is 0 Å². The molecule has 176 valence electrons. The standard InChI is InChI=1S/C30H32FNO2/c1-2-23(21-31)22-34-28-15-13-27(14-16-28)30(33)32-19-17-26(18-20-32)29(24-9-5-3-6-10-24)25-11-7-4-8-12-25/h3-16,21,26,29H,2,17-20,22H2,1H3. The minimum absolute atomic E-state index is 0.0545. The van der Waals surface area contributed by atoms with Gasteiger partial charge in [0.05, 0.1) is 6.33 Å². The van der Waals surface area contributed by atoms with Gasteiger partial charge in [-0.05, 0) is 66.1 Å². The molecule has 0 atom stereocenters. The predicted octanol–water partition coefficient (Wildman–Crippen LogP) is 7.01. The van der Waals surface area contributed by atoms with Gasteiger partial charge in [0, 0.05) is 24.6 Å². The zero-order chi connectivity index (χ0) is 23.8. The second-order valence-corrected chi connectivity index (χ2v) is 8.86. The lowest BCUT2D eigenvalue weighted by atomic mass is 9.76. The van der Waals surface area contributed by atoms with E-state index in [1.54, 1.807) is 24.3 Å². The Kier molecular flexibility index (Phi) is 8.13. The van der Waals surface area contributed by atoms with Gasteiger partial charge in [0.2, 0.25) is 0 Å². The number of carbonyl (C=O) groups excluding carboxylic acids is 1. The number of piperidine rings is 1. The highest BCUT2D eigenvalue weighted by Gasteiger charge is 2.30. The SMILES string of the molecule is CCC(=CF)COc1ccc(C(=O)N2CCC(C(c3ccccc3)c3ccccc3)CC2)cc1. The van der Waals surface area contributed by atoms with Gasteiger partial charge < -0.3 is 9.64 Å². The molecule has 3 aromatic carbocycles. The van der Waals surface area contributed by atoms with Crippen LogP contribution in [0.1, 0.15) is 53.6 Å². The molecule has 1 amide bonds. The molecule has 0 radical (unpaired) electrons. The molecule has 1 heterocycles. The number of hydrogen-bond acceptors (Lipinski definition) is 2. The number of halogens is 1. The summed E-state index contributed by atoms with van der Waals surface area (Å²) in [6.45, 7) is 3.61. The lowest BCUT2D eigenvalue weighted by Crippen LogP contribution is -2.39. The number of carbonyl (C=O) groups is 1.